The molecule has 2 N–H and O–H groups in total. The minimum absolute atomic E-state index is 0.129. The Morgan fingerprint density at radius 2 is 1.86 bits per heavy atom. The molecule has 2 aromatic carbocycles. The largest absolute Gasteiger partial charge is 0.454 e. The SMILES string of the molecule is O=C(CCc1ccccc1)Nc1nc(C(=O)NCc2ccc3c(c2)OCO3)cs1. The molecule has 0 saturated heterocycles. The van der Waals surface area contributed by atoms with Crippen molar-refractivity contribution < 1.29 is 19.1 Å². The van der Waals surface area contributed by atoms with Gasteiger partial charge in [0.1, 0.15) is 5.69 Å². The Hall–Kier alpha value is -3.39. The number of carbonyl (C=O) groups excluding carboxylic acids is 2. The van der Waals surface area contributed by atoms with E-state index in [1.807, 2.05) is 48.5 Å². The predicted molar refractivity (Wildman–Crippen MR) is 109 cm³/mol. The normalized spacial score (nSPS) is 11.9. The number of thiazole rings is 1. The van der Waals surface area contributed by atoms with Crippen LogP contribution in [0.15, 0.2) is 53.9 Å². The van der Waals surface area contributed by atoms with Gasteiger partial charge in [-0.2, -0.15) is 0 Å². The van der Waals surface area contributed by atoms with Crippen molar-refractivity contribution in [3.05, 3.63) is 70.7 Å². The third-order valence-corrected chi connectivity index (χ3v) is 5.11. The molecule has 0 fully saturated rings. The maximum atomic E-state index is 12.3. The Morgan fingerprint density at radius 3 is 2.72 bits per heavy atom. The standard InChI is InChI=1S/C21H19N3O4S/c25-19(9-7-14-4-2-1-3-5-14)24-21-23-16(12-29-21)20(26)22-11-15-6-8-17-18(10-15)28-13-27-17/h1-6,8,10,12H,7,9,11,13H2,(H,22,26)(H,23,24,25). The summed E-state index contributed by atoms with van der Waals surface area (Å²) in [6.07, 6.45) is 1.01. The highest BCUT2D eigenvalue weighted by Crippen LogP contribution is 2.32. The van der Waals surface area contributed by atoms with Gasteiger partial charge in [-0.15, -0.1) is 11.3 Å². The molecule has 0 bridgehead atoms. The van der Waals surface area contributed by atoms with Gasteiger partial charge in [0.05, 0.1) is 0 Å². The number of carbonyl (C=O) groups is 2. The number of benzene rings is 2. The van der Waals surface area contributed by atoms with Crippen LogP contribution in [0.3, 0.4) is 0 Å². The molecule has 2 heterocycles. The van der Waals surface area contributed by atoms with Crippen LogP contribution in [0.2, 0.25) is 0 Å². The number of aryl methyl sites for hydroxylation is 1. The number of aromatic nitrogens is 1. The number of hydrogen-bond donors (Lipinski definition) is 2. The molecule has 7 nitrogen and oxygen atoms in total. The van der Waals surface area contributed by atoms with Crippen molar-refractivity contribution in [1.29, 1.82) is 0 Å². The molecule has 29 heavy (non-hydrogen) atoms. The van der Waals surface area contributed by atoms with E-state index in [9.17, 15) is 9.59 Å². The number of nitrogens with one attached hydrogen (secondary N) is 2. The van der Waals surface area contributed by atoms with Crippen molar-refractivity contribution in [2.24, 2.45) is 0 Å². The van der Waals surface area contributed by atoms with Crippen molar-refractivity contribution in [3.8, 4) is 11.5 Å². The summed E-state index contributed by atoms with van der Waals surface area (Å²) in [7, 11) is 0. The molecule has 1 aliphatic heterocycles. The first-order chi connectivity index (χ1) is 14.2. The summed E-state index contributed by atoms with van der Waals surface area (Å²) in [6, 6.07) is 15.3. The maximum absolute atomic E-state index is 12.3. The lowest BCUT2D eigenvalue weighted by Gasteiger charge is -2.05. The molecular weight excluding hydrogens is 390 g/mol. The van der Waals surface area contributed by atoms with E-state index in [2.05, 4.69) is 15.6 Å². The van der Waals surface area contributed by atoms with Gasteiger partial charge in [0, 0.05) is 18.3 Å². The summed E-state index contributed by atoms with van der Waals surface area (Å²) < 4.78 is 10.6. The van der Waals surface area contributed by atoms with Gasteiger partial charge in [-0.25, -0.2) is 4.98 Å². The number of amides is 2. The van der Waals surface area contributed by atoms with E-state index in [0.29, 0.717) is 36.0 Å². The zero-order valence-corrected chi connectivity index (χ0v) is 16.3. The molecule has 0 unspecified atom stereocenters. The molecule has 8 heteroatoms. The first-order valence-electron chi connectivity index (χ1n) is 9.13. The van der Waals surface area contributed by atoms with Crippen LogP contribution in [0.25, 0.3) is 0 Å². The third kappa shape index (κ3) is 4.91. The second-order valence-electron chi connectivity index (χ2n) is 6.44. The predicted octanol–water partition coefficient (Wildman–Crippen LogP) is 3.37. The fourth-order valence-corrected chi connectivity index (χ4v) is 3.55. The van der Waals surface area contributed by atoms with E-state index in [0.717, 1.165) is 11.1 Å². The zero-order valence-electron chi connectivity index (χ0n) is 15.5. The minimum atomic E-state index is -0.302. The molecule has 0 saturated carbocycles. The molecule has 4 rings (SSSR count). The molecule has 2 amide bonds. The Kier molecular flexibility index (Phi) is 5.71. The van der Waals surface area contributed by atoms with E-state index in [4.69, 9.17) is 9.47 Å². The van der Waals surface area contributed by atoms with Crippen molar-refractivity contribution in [2.75, 3.05) is 12.1 Å². The quantitative estimate of drug-likeness (QED) is 0.625. The van der Waals surface area contributed by atoms with Crippen LogP contribution in [0.5, 0.6) is 11.5 Å². The zero-order chi connectivity index (χ0) is 20.1. The van der Waals surface area contributed by atoms with Crippen LogP contribution in [-0.4, -0.2) is 23.6 Å². The number of anilines is 1. The minimum Gasteiger partial charge on any atom is -0.454 e. The summed E-state index contributed by atoms with van der Waals surface area (Å²) in [5, 5.41) is 7.60. The lowest BCUT2D eigenvalue weighted by molar-refractivity contribution is -0.116. The lowest BCUT2D eigenvalue weighted by atomic mass is 10.1. The van der Waals surface area contributed by atoms with Crippen LogP contribution < -0.4 is 20.1 Å². The van der Waals surface area contributed by atoms with E-state index >= 15 is 0 Å². The first-order valence-corrected chi connectivity index (χ1v) is 10.0. The summed E-state index contributed by atoms with van der Waals surface area (Å²) in [4.78, 5) is 28.6. The van der Waals surface area contributed by atoms with Gasteiger partial charge in [0.2, 0.25) is 12.7 Å². The van der Waals surface area contributed by atoms with Crippen LogP contribution in [0, 0.1) is 0 Å². The summed E-state index contributed by atoms with van der Waals surface area (Å²) in [5.74, 6) is 0.942. The monoisotopic (exact) mass is 409 g/mol. The van der Waals surface area contributed by atoms with Gasteiger partial charge >= 0.3 is 0 Å². The molecule has 3 aromatic rings. The van der Waals surface area contributed by atoms with Crippen LogP contribution >= 0.6 is 11.3 Å². The number of hydrogen-bond acceptors (Lipinski definition) is 6. The number of rotatable bonds is 7. The third-order valence-electron chi connectivity index (χ3n) is 4.36. The van der Waals surface area contributed by atoms with Crippen molar-refractivity contribution >= 4 is 28.3 Å². The van der Waals surface area contributed by atoms with E-state index in [1.54, 1.807) is 5.38 Å². The lowest BCUT2D eigenvalue weighted by Crippen LogP contribution is -2.23. The molecule has 0 spiro atoms. The summed E-state index contributed by atoms with van der Waals surface area (Å²) in [6.45, 7) is 0.551. The number of ether oxygens (including phenoxy) is 2. The van der Waals surface area contributed by atoms with E-state index in [-0.39, 0.29) is 24.3 Å². The molecule has 0 radical (unpaired) electrons. The maximum Gasteiger partial charge on any atom is 0.271 e. The highest BCUT2D eigenvalue weighted by atomic mass is 32.1. The van der Waals surface area contributed by atoms with Gasteiger partial charge in [0.25, 0.3) is 5.91 Å². The average molecular weight is 409 g/mol. The highest BCUT2D eigenvalue weighted by Gasteiger charge is 2.15. The molecule has 1 aromatic heterocycles. The van der Waals surface area contributed by atoms with Crippen LogP contribution in [0.1, 0.15) is 28.0 Å². The van der Waals surface area contributed by atoms with E-state index < -0.39 is 0 Å². The van der Waals surface area contributed by atoms with E-state index in [1.165, 1.54) is 11.3 Å². The second kappa shape index (κ2) is 8.74. The Bertz CT molecular complexity index is 1020. The number of nitrogens with zero attached hydrogens (tertiary/aromatic N) is 1. The van der Waals surface area contributed by atoms with Crippen LogP contribution in [-0.2, 0) is 17.8 Å². The molecule has 0 aliphatic carbocycles. The van der Waals surface area contributed by atoms with Crippen LogP contribution in [0.4, 0.5) is 5.13 Å². The summed E-state index contributed by atoms with van der Waals surface area (Å²) in [5.41, 5.74) is 2.27. The molecule has 148 valence electrons. The van der Waals surface area contributed by atoms with Crippen molar-refractivity contribution in [3.63, 3.8) is 0 Å². The summed E-state index contributed by atoms with van der Waals surface area (Å²) >= 11 is 1.23. The average Bonchev–Trinajstić information content (AvgIpc) is 3.40. The van der Waals surface area contributed by atoms with Gasteiger partial charge in [0.15, 0.2) is 16.6 Å². The van der Waals surface area contributed by atoms with Gasteiger partial charge in [-0.3, -0.25) is 9.59 Å². The fourth-order valence-electron chi connectivity index (χ4n) is 2.84. The Labute approximate surface area is 171 Å². The first kappa shape index (κ1) is 18.9. The van der Waals surface area contributed by atoms with Gasteiger partial charge < -0.3 is 20.1 Å². The molecular formula is C21H19N3O4S. The Balaban J connectivity index is 1.26. The highest BCUT2D eigenvalue weighted by molar-refractivity contribution is 7.14. The van der Waals surface area contributed by atoms with Gasteiger partial charge in [-0.1, -0.05) is 36.4 Å². The Morgan fingerprint density at radius 1 is 1.03 bits per heavy atom. The topological polar surface area (TPSA) is 89.6 Å². The van der Waals surface area contributed by atoms with Crippen molar-refractivity contribution in [1.82, 2.24) is 10.3 Å². The number of fused-ring (bicyclic) bond motifs is 1. The smallest absolute Gasteiger partial charge is 0.271 e. The fraction of sp³-hybridized carbons (Fsp3) is 0.190. The van der Waals surface area contributed by atoms with Crippen molar-refractivity contribution in [2.45, 2.75) is 19.4 Å². The second-order valence-corrected chi connectivity index (χ2v) is 7.30. The molecule has 0 atom stereocenters. The van der Waals surface area contributed by atoms with Gasteiger partial charge in [-0.05, 0) is 29.7 Å². The molecule has 1 aliphatic rings.